The van der Waals surface area contributed by atoms with Crippen molar-refractivity contribution < 1.29 is 17.9 Å². The molecule has 0 aliphatic carbocycles. The van der Waals surface area contributed by atoms with Gasteiger partial charge in [-0.1, -0.05) is 17.7 Å². The fourth-order valence-electron chi connectivity index (χ4n) is 1.88. The third-order valence-electron chi connectivity index (χ3n) is 3.14. The monoisotopic (exact) mass is 334 g/mol. The van der Waals surface area contributed by atoms with Gasteiger partial charge in [-0.3, -0.25) is 0 Å². The molecule has 0 heterocycles. The normalized spacial score (nSPS) is 11.4. The second kappa shape index (κ2) is 7.15. The van der Waals surface area contributed by atoms with Gasteiger partial charge in [0.2, 0.25) is 0 Å². The molecule has 2 aromatic carbocycles. The van der Waals surface area contributed by atoms with Crippen molar-refractivity contribution in [3.8, 4) is 11.5 Å². The predicted molar refractivity (Wildman–Crippen MR) is 88.6 cm³/mol. The minimum Gasteiger partial charge on any atom is -0.497 e. The molecule has 2 aromatic rings. The van der Waals surface area contributed by atoms with Gasteiger partial charge in [0.15, 0.2) is 0 Å². The Kier molecular flexibility index (Phi) is 5.23. The summed E-state index contributed by atoms with van der Waals surface area (Å²) in [5, 5.41) is 3.80. The van der Waals surface area contributed by atoms with E-state index in [1.54, 1.807) is 37.4 Å². The first-order chi connectivity index (χ1) is 11.0. The number of hydrogen-bond acceptors (Lipinski definition) is 5. The summed E-state index contributed by atoms with van der Waals surface area (Å²) in [5.41, 5.74) is 1.58. The van der Waals surface area contributed by atoms with E-state index in [4.69, 9.17) is 9.47 Å². The van der Waals surface area contributed by atoms with Crippen LogP contribution in [0.1, 0.15) is 11.1 Å². The third kappa shape index (κ3) is 4.23. The van der Waals surface area contributed by atoms with E-state index >= 15 is 0 Å². The van der Waals surface area contributed by atoms with Gasteiger partial charge in [-0.15, -0.1) is 0 Å². The number of aryl methyl sites for hydroxylation is 1. The summed E-state index contributed by atoms with van der Waals surface area (Å²) < 4.78 is 34.6. The first kappa shape index (κ1) is 16.8. The van der Waals surface area contributed by atoms with Crippen LogP contribution in [0.25, 0.3) is 0 Å². The smallest absolute Gasteiger partial charge is 0.276 e. The van der Waals surface area contributed by atoms with Crippen molar-refractivity contribution in [3.05, 3.63) is 53.6 Å². The lowest BCUT2D eigenvalue weighted by atomic mass is 10.2. The molecule has 0 saturated heterocycles. The Balaban J connectivity index is 2.19. The summed E-state index contributed by atoms with van der Waals surface area (Å²) in [5.74, 6) is 1.18. The highest BCUT2D eigenvalue weighted by molar-refractivity contribution is 7.89. The predicted octanol–water partition coefficient (Wildman–Crippen LogP) is 2.32. The lowest BCUT2D eigenvalue weighted by Gasteiger charge is -2.07. The van der Waals surface area contributed by atoms with Gasteiger partial charge in [0, 0.05) is 5.56 Å². The zero-order chi connectivity index (χ0) is 16.9. The molecule has 0 saturated carbocycles. The molecule has 6 nitrogen and oxygen atoms in total. The van der Waals surface area contributed by atoms with Crippen LogP contribution in [0.5, 0.6) is 11.5 Å². The molecule has 7 heteroatoms. The Morgan fingerprint density at radius 2 is 1.74 bits per heavy atom. The van der Waals surface area contributed by atoms with Crippen molar-refractivity contribution >= 4 is 16.2 Å². The fraction of sp³-hybridized carbons (Fsp3) is 0.188. The molecule has 0 amide bonds. The molecule has 0 unspecified atom stereocenters. The molecular formula is C16H18N2O4S. The van der Waals surface area contributed by atoms with E-state index < -0.39 is 10.0 Å². The van der Waals surface area contributed by atoms with Gasteiger partial charge < -0.3 is 9.47 Å². The van der Waals surface area contributed by atoms with Crippen molar-refractivity contribution in [2.24, 2.45) is 5.10 Å². The highest BCUT2D eigenvalue weighted by atomic mass is 32.2. The molecule has 0 radical (unpaired) electrons. The average molecular weight is 334 g/mol. The van der Waals surface area contributed by atoms with Crippen LogP contribution in [0.4, 0.5) is 0 Å². The molecule has 0 atom stereocenters. The second-order valence-corrected chi connectivity index (χ2v) is 6.43. The van der Waals surface area contributed by atoms with Gasteiger partial charge in [-0.2, -0.15) is 13.5 Å². The molecule has 23 heavy (non-hydrogen) atoms. The maximum Gasteiger partial charge on any atom is 0.276 e. The van der Waals surface area contributed by atoms with E-state index in [0.717, 1.165) is 5.56 Å². The minimum atomic E-state index is -3.70. The van der Waals surface area contributed by atoms with Crippen molar-refractivity contribution in [1.29, 1.82) is 0 Å². The van der Waals surface area contributed by atoms with Crippen LogP contribution >= 0.6 is 0 Å². The molecule has 0 aromatic heterocycles. The van der Waals surface area contributed by atoms with Gasteiger partial charge in [-0.05, 0) is 37.3 Å². The summed E-state index contributed by atoms with van der Waals surface area (Å²) in [7, 11) is -0.635. The van der Waals surface area contributed by atoms with Gasteiger partial charge in [-0.25, -0.2) is 4.83 Å². The average Bonchev–Trinajstić information content (AvgIpc) is 2.55. The molecule has 0 spiro atoms. The lowest BCUT2D eigenvalue weighted by Crippen LogP contribution is -2.18. The van der Waals surface area contributed by atoms with Crippen LogP contribution in [0.2, 0.25) is 0 Å². The van der Waals surface area contributed by atoms with Crippen molar-refractivity contribution in [3.63, 3.8) is 0 Å². The summed E-state index contributed by atoms with van der Waals surface area (Å²) in [6.07, 6.45) is 1.37. The molecule has 0 aliphatic heterocycles. The number of methoxy groups -OCH3 is 2. The van der Waals surface area contributed by atoms with E-state index in [2.05, 4.69) is 9.93 Å². The quantitative estimate of drug-likeness (QED) is 0.650. The Bertz CT molecular complexity index is 799. The molecule has 0 bridgehead atoms. The summed E-state index contributed by atoms with van der Waals surface area (Å²) >= 11 is 0. The van der Waals surface area contributed by atoms with Crippen LogP contribution in [0.3, 0.4) is 0 Å². The van der Waals surface area contributed by atoms with Crippen LogP contribution in [0, 0.1) is 6.92 Å². The topological polar surface area (TPSA) is 77.0 Å². The number of benzene rings is 2. The third-order valence-corrected chi connectivity index (χ3v) is 4.38. The maximum atomic E-state index is 12.1. The molecule has 122 valence electrons. The van der Waals surface area contributed by atoms with Gasteiger partial charge >= 0.3 is 0 Å². The first-order valence-corrected chi connectivity index (χ1v) is 8.28. The fourth-order valence-corrected chi connectivity index (χ4v) is 2.67. The number of rotatable bonds is 6. The zero-order valence-corrected chi connectivity index (χ0v) is 13.9. The van der Waals surface area contributed by atoms with E-state index in [-0.39, 0.29) is 4.90 Å². The van der Waals surface area contributed by atoms with Crippen molar-refractivity contribution in [2.75, 3.05) is 14.2 Å². The first-order valence-electron chi connectivity index (χ1n) is 6.80. The van der Waals surface area contributed by atoms with Crippen LogP contribution in [-0.2, 0) is 10.0 Å². The zero-order valence-electron chi connectivity index (χ0n) is 13.1. The van der Waals surface area contributed by atoms with Crippen molar-refractivity contribution in [2.45, 2.75) is 11.8 Å². The highest BCUT2D eigenvalue weighted by Crippen LogP contribution is 2.22. The summed E-state index contributed by atoms with van der Waals surface area (Å²) in [6, 6.07) is 11.7. The molecule has 2 rings (SSSR count). The van der Waals surface area contributed by atoms with Crippen LogP contribution in [-0.4, -0.2) is 28.9 Å². The van der Waals surface area contributed by atoms with E-state index in [1.807, 2.05) is 6.92 Å². The summed E-state index contributed by atoms with van der Waals surface area (Å²) in [4.78, 5) is 2.33. The Morgan fingerprint density at radius 1 is 1.04 bits per heavy atom. The van der Waals surface area contributed by atoms with E-state index in [9.17, 15) is 8.42 Å². The van der Waals surface area contributed by atoms with Crippen LogP contribution < -0.4 is 14.3 Å². The van der Waals surface area contributed by atoms with Crippen molar-refractivity contribution in [1.82, 2.24) is 4.83 Å². The number of hydrazone groups is 1. The van der Waals surface area contributed by atoms with E-state index in [0.29, 0.717) is 17.1 Å². The van der Waals surface area contributed by atoms with E-state index in [1.165, 1.54) is 25.5 Å². The van der Waals surface area contributed by atoms with Gasteiger partial charge in [0.05, 0.1) is 25.3 Å². The maximum absolute atomic E-state index is 12.1. The summed E-state index contributed by atoms with van der Waals surface area (Å²) in [6.45, 7) is 1.89. The van der Waals surface area contributed by atoms with Crippen LogP contribution in [0.15, 0.2) is 52.5 Å². The molecule has 0 aliphatic rings. The number of sulfonamides is 1. The molecule has 0 fully saturated rings. The Hall–Kier alpha value is -2.54. The van der Waals surface area contributed by atoms with Gasteiger partial charge in [0.25, 0.3) is 10.0 Å². The largest absolute Gasteiger partial charge is 0.497 e. The minimum absolute atomic E-state index is 0.151. The standard InChI is InChI=1S/C16H18N2O4S/c1-12-4-7-15(8-5-12)23(19,20)18-17-11-13-10-14(21-2)6-9-16(13)22-3/h4-11,18H,1-3H3/b17-11+. The molecular weight excluding hydrogens is 316 g/mol. The van der Waals surface area contributed by atoms with Gasteiger partial charge in [0.1, 0.15) is 11.5 Å². The number of nitrogens with zero attached hydrogens (tertiary/aromatic N) is 1. The second-order valence-electron chi connectivity index (χ2n) is 4.77. The molecule has 1 N–H and O–H groups in total. The number of ether oxygens (including phenoxy) is 2. The SMILES string of the molecule is COc1ccc(OC)c(/C=N/NS(=O)(=O)c2ccc(C)cc2)c1. The Labute approximate surface area is 135 Å². The lowest BCUT2D eigenvalue weighted by molar-refractivity contribution is 0.402. The number of hydrogen-bond donors (Lipinski definition) is 1. The Morgan fingerprint density at radius 3 is 2.35 bits per heavy atom. The highest BCUT2D eigenvalue weighted by Gasteiger charge is 2.12. The number of nitrogens with one attached hydrogen (secondary N) is 1.